The van der Waals surface area contributed by atoms with Crippen LogP contribution in [0.3, 0.4) is 0 Å². The van der Waals surface area contributed by atoms with Crippen LogP contribution in [0.2, 0.25) is 0 Å². The predicted octanol–water partition coefficient (Wildman–Crippen LogP) is 2.73. The first-order valence-electron chi connectivity index (χ1n) is 3.49. The Morgan fingerprint density at radius 3 is 1.59 bits per heavy atom. The normalized spacial score (nSPS) is 15.4. The predicted molar refractivity (Wildman–Crippen MR) is 40.5 cm³/mol. The summed E-state index contributed by atoms with van der Waals surface area (Å²) in [6.07, 6.45) is -5.10. The van der Waals surface area contributed by atoms with Gasteiger partial charge in [0.15, 0.2) is 0 Å². The van der Waals surface area contributed by atoms with Gasteiger partial charge in [-0.1, -0.05) is 0 Å². The molecule has 0 N–H and O–H groups in total. The smallest absolute Gasteiger partial charge is 0.212 e. The summed E-state index contributed by atoms with van der Waals surface area (Å²) in [6, 6.07) is 0. The highest BCUT2D eigenvalue weighted by atomic mass is 35.7. The molecule has 0 aromatic carbocycles. The van der Waals surface area contributed by atoms with Gasteiger partial charge in [-0.05, 0) is 0 Å². The van der Waals surface area contributed by atoms with Gasteiger partial charge in [-0.15, -0.1) is 0 Å². The Balaban J connectivity index is 5.45. The Kier molecular flexibility index (Phi) is 4.33. The highest BCUT2D eigenvalue weighted by Crippen LogP contribution is 2.49. The second-order valence-electron chi connectivity index (χ2n) is 2.89. The lowest BCUT2D eigenvalue weighted by Gasteiger charge is -2.31. The van der Waals surface area contributed by atoms with Crippen molar-refractivity contribution in [1.82, 2.24) is 0 Å². The lowest BCUT2D eigenvalue weighted by atomic mass is 10.1. The third kappa shape index (κ3) is 3.33. The monoisotopic (exact) mass is 314 g/mol. The number of alkyl halides is 8. The maximum Gasteiger partial charge on any atom is 0.378 e. The molecule has 0 radical (unpaired) electrons. The standard InChI is InChI=1S/C5H3ClF8O2S/c6-17(15,16)1-3(9,10)5(13,14)4(11,12)2(7)8/h2H,1H2. The SMILES string of the molecule is O=S(=O)(Cl)CC(F)(F)C(F)(F)C(F)(F)C(F)F. The van der Waals surface area contributed by atoms with Crippen molar-refractivity contribution in [2.75, 3.05) is 5.75 Å². The molecular weight excluding hydrogens is 312 g/mol. The third-order valence-corrected chi connectivity index (χ3v) is 2.54. The summed E-state index contributed by atoms with van der Waals surface area (Å²) in [5.41, 5.74) is 0. The second-order valence-corrected chi connectivity index (χ2v) is 5.66. The van der Waals surface area contributed by atoms with Crippen LogP contribution in [-0.2, 0) is 9.05 Å². The maximum atomic E-state index is 12.5. The lowest BCUT2D eigenvalue weighted by molar-refractivity contribution is -0.332. The summed E-state index contributed by atoms with van der Waals surface area (Å²) in [6.45, 7) is 0. The molecule has 0 aromatic heterocycles. The zero-order valence-corrected chi connectivity index (χ0v) is 8.98. The highest BCUT2D eigenvalue weighted by molar-refractivity contribution is 8.13. The van der Waals surface area contributed by atoms with E-state index in [1.807, 2.05) is 0 Å². The summed E-state index contributed by atoms with van der Waals surface area (Å²) in [5.74, 6) is -21.8. The van der Waals surface area contributed by atoms with Crippen LogP contribution in [0.25, 0.3) is 0 Å². The molecule has 0 bridgehead atoms. The van der Waals surface area contributed by atoms with Crippen molar-refractivity contribution < 1.29 is 43.5 Å². The fourth-order valence-corrected chi connectivity index (χ4v) is 1.71. The Morgan fingerprint density at radius 1 is 1.00 bits per heavy atom. The van der Waals surface area contributed by atoms with Gasteiger partial charge in [-0.25, -0.2) is 17.2 Å². The maximum absolute atomic E-state index is 12.5. The molecule has 0 heterocycles. The van der Waals surface area contributed by atoms with E-state index in [0.717, 1.165) is 0 Å². The van der Waals surface area contributed by atoms with E-state index in [0.29, 0.717) is 0 Å². The molecule has 0 aromatic rings. The molecule has 2 nitrogen and oxygen atoms in total. The van der Waals surface area contributed by atoms with Crippen molar-refractivity contribution in [3.63, 3.8) is 0 Å². The highest BCUT2D eigenvalue weighted by Gasteiger charge is 2.75. The van der Waals surface area contributed by atoms with E-state index in [1.54, 1.807) is 0 Å². The van der Waals surface area contributed by atoms with Crippen molar-refractivity contribution in [3.05, 3.63) is 0 Å². The van der Waals surface area contributed by atoms with E-state index < -0.39 is 39.0 Å². The van der Waals surface area contributed by atoms with E-state index in [1.165, 1.54) is 0 Å². The average Bonchev–Trinajstić information content (AvgIpc) is 1.98. The first-order chi connectivity index (χ1) is 7.15. The zero-order chi connectivity index (χ0) is 14.3. The molecule has 12 heteroatoms. The zero-order valence-electron chi connectivity index (χ0n) is 7.41. The van der Waals surface area contributed by atoms with Crippen LogP contribution in [0, 0.1) is 0 Å². The quantitative estimate of drug-likeness (QED) is 0.577. The summed E-state index contributed by atoms with van der Waals surface area (Å²) in [7, 11) is -1.11. The molecule has 0 saturated heterocycles. The van der Waals surface area contributed by atoms with Gasteiger partial charge in [-0.3, -0.25) is 0 Å². The van der Waals surface area contributed by atoms with Crippen LogP contribution in [-0.4, -0.2) is 38.4 Å². The Labute approximate surface area is 94.0 Å². The number of hydrogen-bond acceptors (Lipinski definition) is 2. The Bertz CT molecular complexity index is 377. The summed E-state index contributed by atoms with van der Waals surface area (Å²) in [5, 5.41) is 0. The molecular formula is C5H3ClF8O2S. The molecule has 17 heavy (non-hydrogen) atoms. The van der Waals surface area contributed by atoms with E-state index in [-0.39, 0.29) is 0 Å². The van der Waals surface area contributed by atoms with Crippen molar-refractivity contribution in [2.24, 2.45) is 0 Å². The van der Waals surface area contributed by atoms with Crippen LogP contribution in [0.5, 0.6) is 0 Å². The van der Waals surface area contributed by atoms with Crippen LogP contribution >= 0.6 is 10.7 Å². The minimum absolute atomic E-state index is 2.89. The largest absolute Gasteiger partial charge is 0.378 e. The number of halogens is 9. The molecule has 0 saturated carbocycles. The molecule has 0 rings (SSSR count). The van der Waals surface area contributed by atoms with E-state index in [2.05, 4.69) is 10.7 Å². The number of hydrogen-bond donors (Lipinski definition) is 0. The molecule has 0 atom stereocenters. The van der Waals surface area contributed by atoms with Crippen LogP contribution in [0.4, 0.5) is 35.1 Å². The van der Waals surface area contributed by atoms with E-state index >= 15 is 0 Å². The molecule has 0 fully saturated rings. The fourth-order valence-electron chi connectivity index (χ4n) is 0.688. The molecule has 0 aliphatic carbocycles. The van der Waals surface area contributed by atoms with Crippen LogP contribution in [0.15, 0.2) is 0 Å². The molecule has 0 unspecified atom stereocenters. The molecule has 0 amide bonds. The van der Waals surface area contributed by atoms with Gasteiger partial charge in [0.25, 0.3) is 0 Å². The fraction of sp³-hybridized carbons (Fsp3) is 1.00. The minimum Gasteiger partial charge on any atom is -0.212 e. The first-order valence-corrected chi connectivity index (χ1v) is 5.97. The van der Waals surface area contributed by atoms with Crippen molar-refractivity contribution in [2.45, 2.75) is 24.2 Å². The number of rotatable bonds is 5. The van der Waals surface area contributed by atoms with Gasteiger partial charge >= 0.3 is 24.2 Å². The van der Waals surface area contributed by atoms with Crippen molar-refractivity contribution in [1.29, 1.82) is 0 Å². The van der Waals surface area contributed by atoms with E-state index in [9.17, 15) is 43.5 Å². The topological polar surface area (TPSA) is 34.1 Å². The molecule has 0 spiro atoms. The van der Waals surface area contributed by atoms with Gasteiger partial charge in [0, 0.05) is 10.7 Å². The lowest BCUT2D eigenvalue weighted by Crippen LogP contribution is -2.59. The second kappa shape index (κ2) is 4.41. The third-order valence-electron chi connectivity index (χ3n) is 1.51. The van der Waals surface area contributed by atoms with Gasteiger partial charge in [0.1, 0.15) is 5.75 Å². The van der Waals surface area contributed by atoms with E-state index in [4.69, 9.17) is 0 Å². The van der Waals surface area contributed by atoms with Gasteiger partial charge in [0.05, 0.1) is 0 Å². The molecule has 0 aliphatic rings. The Hall–Kier alpha value is -0.320. The summed E-state index contributed by atoms with van der Waals surface area (Å²) in [4.78, 5) is 0. The van der Waals surface area contributed by atoms with Crippen molar-refractivity contribution in [3.8, 4) is 0 Å². The van der Waals surface area contributed by atoms with Gasteiger partial charge in [-0.2, -0.15) is 26.3 Å². The van der Waals surface area contributed by atoms with Gasteiger partial charge in [0.2, 0.25) is 9.05 Å². The van der Waals surface area contributed by atoms with Crippen molar-refractivity contribution >= 4 is 19.7 Å². The minimum atomic E-state index is -6.56. The Morgan fingerprint density at radius 2 is 1.35 bits per heavy atom. The average molecular weight is 315 g/mol. The molecule has 104 valence electrons. The first kappa shape index (κ1) is 16.7. The summed E-state index contributed by atoms with van der Waals surface area (Å²) < 4.78 is 118. The van der Waals surface area contributed by atoms with Gasteiger partial charge < -0.3 is 0 Å². The van der Waals surface area contributed by atoms with Crippen LogP contribution < -0.4 is 0 Å². The molecule has 0 aliphatic heterocycles. The van der Waals surface area contributed by atoms with Crippen LogP contribution in [0.1, 0.15) is 0 Å². The summed E-state index contributed by atoms with van der Waals surface area (Å²) >= 11 is 0.